The molecule has 0 heterocycles. The van der Waals surface area contributed by atoms with Crippen LogP contribution >= 0.6 is 11.6 Å². The van der Waals surface area contributed by atoms with Gasteiger partial charge in [0.25, 0.3) is 0 Å². The highest BCUT2D eigenvalue weighted by Gasteiger charge is 2.06. The molecule has 90 valence electrons. The Labute approximate surface area is 101 Å². The molecule has 1 rings (SSSR count). The molecule has 2 N–H and O–H groups in total. The molecule has 0 amide bonds. The van der Waals surface area contributed by atoms with Crippen LogP contribution in [0.25, 0.3) is 0 Å². The Bertz CT molecular complexity index is 331. The molecular formula is C12H18ClNO2. The van der Waals surface area contributed by atoms with E-state index in [2.05, 4.69) is 12.2 Å². The van der Waals surface area contributed by atoms with E-state index in [9.17, 15) is 0 Å². The lowest BCUT2D eigenvalue weighted by atomic mass is 10.2. The molecule has 16 heavy (non-hydrogen) atoms. The van der Waals surface area contributed by atoms with E-state index < -0.39 is 0 Å². The maximum atomic E-state index is 8.74. The monoisotopic (exact) mass is 243 g/mol. The average molecular weight is 244 g/mol. The predicted molar refractivity (Wildman–Crippen MR) is 67.4 cm³/mol. The molecule has 1 aromatic rings. The lowest BCUT2D eigenvalue weighted by Crippen LogP contribution is -2.15. The van der Waals surface area contributed by atoms with E-state index in [-0.39, 0.29) is 12.6 Å². The largest absolute Gasteiger partial charge is 0.497 e. The quantitative estimate of drug-likeness (QED) is 0.807. The highest BCUT2D eigenvalue weighted by Crippen LogP contribution is 2.27. The number of benzene rings is 1. The Morgan fingerprint density at radius 2 is 2.25 bits per heavy atom. The fourth-order valence-corrected chi connectivity index (χ4v) is 1.65. The molecule has 1 atom stereocenters. The molecule has 1 aromatic carbocycles. The topological polar surface area (TPSA) is 41.5 Å². The number of halogens is 1. The van der Waals surface area contributed by atoms with Gasteiger partial charge in [-0.1, -0.05) is 11.6 Å². The van der Waals surface area contributed by atoms with Crippen molar-refractivity contribution in [1.82, 2.24) is 0 Å². The molecule has 4 heteroatoms. The Morgan fingerprint density at radius 1 is 1.50 bits per heavy atom. The molecule has 0 aliphatic heterocycles. The number of hydrogen-bond donors (Lipinski definition) is 2. The smallest absolute Gasteiger partial charge is 0.121 e. The van der Waals surface area contributed by atoms with Crippen molar-refractivity contribution in [2.45, 2.75) is 25.8 Å². The van der Waals surface area contributed by atoms with Gasteiger partial charge in [-0.25, -0.2) is 0 Å². The maximum Gasteiger partial charge on any atom is 0.121 e. The standard InChI is InChI=1S/C12H18ClNO2/c1-9(4-3-7-15)14-12-8-10(16-2)5-6-11(12)13/h5-6,8-9,14-15H,3-4,7H2,1-2H3. The van der Waals surface area contributed by atoms with Crippen molar-refractivity contribution in [3.8, 4) is 5.75 Å². The lowest BCUT2D eigenvalue weighted by Gasteiger charge is -2.16. The molecule has 0 saturated heterocycles. The molecule has 0 aliphatic carbocycles. The average Bonchev–Trinajstić information content (AvgIpc) is 2.29. The van der Waals surface area contributed by atoms with Gasteiger partial charge in [-0.2, -0.15) is 0 Å². The van der Waals surface area contributed by atoms with Crippen LogP contribution in [0.1, 0.15) is 19.8 Å². The zero-order chi connectivity index (χ0) is 12.0. The zero-order valence-corrected chi connectivity index (χ0v) is 10.4. The van der Waals surface area contributed by atoms with Crippen LogP contribution in [0.4, 0.5) is 5.69 Å². The summed E-state index contributed by atoms with van der Waals surface area (Å²) in [6, 6.07) is 5.78. The van der Waals surface area contributed by atoms with Crippen molar-refractivity contribution >= 4 is 17.3 Å². The fourth-order valence-electron chi connectivity index (χ4n) is 1.48. The number of hydrogen-bond acceptors (Lipinski definition) is 3. The molecule has 3 nitrogen and oxygen atoms in total. The van der Waals surface area contributed by atoms with Crippen molar-refractivity contribution in [1.29, 1.82) is 0 Å². The van der Waals surface area contributed by atoms with Gasteiger partial charge < -0.3 is 15.2 Å². The molecule has 0 saturated carbocycles. The summed E-state index contributed by atoms with van der Waals surface area (Å²) >= 11 is 6.06. The number of aliphatic hydroxyl groups excluding tert-OH is 1. The van der Waals surface area contributed by atoms with Gasteiger partial charge in [-0.05, 0) is 31.9 Å². The molecule has 0 spiro atoms. The van der Waals surface area contributed by atoms with E-state index in [0.29, 0.717) is 5.02 Å². The summed E-state index contributed by atoms with van der Waals surface area (Å²) < 4.78 is 5.13. The third-order valence-corrected chi connectivity index (χ3v) is 2.70. The number of methoxy groups -OCH3 is 1. The van der Waals surface area contributed by atoms with E-state index >= 15 is 0 Å². The molecule has 0 aliphatic rings. The van der Waals surface area contributed by atoms with Crippen LogP contribution in [0.2, 0.25) is 5.02 Å². The summed E-state index contributed by atoms with van der Waals surface area (Å²) in [5, 5.41) is 12.7. The van der Waals surface area contributed by atoms with Gasteiger partial charge in [0.05, 0.1) is 17.8 Å². The first-order chi connectivity index (χ1) is 7.67. The van der Waals surface area contributed by atoms with Crippen LogP contribution in [0.5, 0.6) is 5.75 Å². The second-order valence-electron chi connectivity index (χ2n) is 3.76. The molecule has 1 unspecified atom stereocenters. The summed E-state index contributed by atoms with van der Waals surface area (Å²) in [6.07, 6.45) is 1.69. The minimum absolute atomic E-state index is 0.220. The molecule has 0 aromatic heterocycles. The van der Waals surface area contributed by atoms with Crippen molar-refractivity contribution in [2.24, 2.45) is 0 Å². The number of rotatable bonds is 6. The van der Waals surface area contributed by atoms with E-state index in [1.165, 1.54) is 0 Å². The highest BCUT2D eigenvalue weighted by atomic mass is 35.5. The van der Waals surface area contributed by atoms with Crippen molar-refractivity contribution in [3.63, 3.8) is 0 Å². The van der Waals surface area contributed by atoms with Crippen molar-refractivity contribution in [2.75, 3.05) is 19.0 Å². The molecular weight excluding hydrogens is 226 g/mol. The summed E-state index contributed by atoms with van der Waals surface area (Å²) in [5.41, 5.74) is 0.867. The Morgan fingerprint density at radius 3 is 2.88 bits per heavy atom. The third-order valence-electron chi connectivity index (χ3n) is 2.37. The first-order valence-corrected chi connectivity index (χ1v) is 5.76. The van der Waals surface area contributed by atoms with Crippen LogP contribution in [0.15, 0.2) is 18.2 Å². The van der Waals surface area contributed by atoms with Crippen LogP contribution in [-0.4, -0.2) is 24.9 Å². The van der Waals surface area contributed by atoms with Crippen molar-refractivity contribution < 1.29 is 9.84 Å². The SMILES string of the molecule is COc1ccc(Cl)c(NC(C)CCCO)c1. The minimum Gasteiger partial charge on any atom is -0.497 e. The van der Waals surface area contributed by atoms with Gasteiger partial charge in [0.2, 0.25) is 0 Å². The first kappa shape index (κ1) is 13.1. The first-order valence-electron chi connectivity index (χ1n) is 5.38. The Balaban J connectivity index is 2.64. The van der Waals surface area contributed by atoms with Gasteiger partial charge in [0.1, 0.15) is 5.75 Å². The second kappa shape index (κ2) is 6.61. The lowest BCUT2D eigenvalue weighted by molar-refractivity contribution is 0.282. The van der Waals surface area contributed by atoms with E-state index in [1.54, 1.807) is 7.11 Å². The second-order valence-corrected chi connectivity index (χ2v) is 4.16. The van der Waals surface area contributed by atoms with Gasteiger partial charge in [0.15, 0.2) is 0 Å². The summed E-state index contributed by atoms with van der Waals surface area (Å²) in [6.45, 7) is 2.28. The number of anilines is 1. The summed E-state index contributed by atoms with van der Waals surface area (Å²) in [5.74, 6) is 0.779. The minimum atomic E-state index is 0.220. The third kappa shape index (κ3) is 3.91. The molecule has 0 radical (unpaired) electrons. The molecule has 0 fully saturated rings. The van der Waals surface area contributed by atoms with E-state index in [4.69, 9.17) is 21.4 Å². The van der Waals surface area contributed by atoms with Gasteiger partial charge in [-0.3, -0.25) is 0 Å². The fraction of sp³-hybridized carbons (Fsp3) is 0.500. The summed E-state index contributed by atoms with van der Waals surface area (Å²) in [4.78, 5) is 0. The predicted octanol–water partition coefficient (Wildman–Crippen LogP) is 2.92. The van der Waals surface area contributed by atoms with Crippen LogP contribution < -0.4 is 10.1 Å². The Kier molecular flexibility index (Phi) is 5.43. The normalized spacial score (nSPS) is 12.2. The van der Waals surface area contributed by atoms with E-state index in [1.807, 2.05) is 18.2 Å². The van der Waals surface area contributed by atoms with Gasteiger partial charge >= 0.3 is 0 Å². The van der Waals surface area contributed by atoms with Crippen LogP contribution in [0, 0.1) is 0 Å². The number of nitrogens with one attached hydrogen (secondary N) is 1. The van der Waals surface area contributed by atoms with Gasteiger partial charge in [-0.15, -0.1) is 0 Å². The van der Waals surface area contributed by atoms with Crippen molar-refractivity contribution in [3.05, 3.63) is 23.2 Å². The number of ether oxygens (including phenoxy) is 1. The summed E-state index contributed by atoms with van der Waals surface area (Å²) in [7, 11) is 1.63. The van der Waals surface area contributed by atoms with Crippen LogP contribution in [-0.2, 0) is 0 Å². The van der Waals surface area contributed by atoms with E-state index in [0.717, 1.165) is 24.3 Å². The zero-order valence-electron chi connectivity index (χ0n) is 9.66. The number of aliphatic hydroxyl groups is 1. The Hall–Kier alpha value is -0.930. The molecule has 0 bridgehead atoms. The van der Waals surface area contributed by atoms with Crippen LogP contribution in [0.3, 0.4) is 0 Å². The maximum absolute atomic E-state index is 8.74. The van der Waals surface area contributed by atoms with Gasteiger partial charge in [0, 0.05) is 18.7 Å². The highest BCUT2D eigenvalue weighted by molar-refractivity contribution is 6.33.